The third-order valence-electron chi connectivity index (χ3n) is 3.46. The Labute approximate surface area is 143 Å². The Balaban J connectivity index is 2.45. The number of aryl methyl sites for hydroxylation is 1. The van der Waals surface area contributed by atoms with Crippen molar-refractivity contribution in [2.45, 2.75) is 19.9 Å². The lowest BCUT2D eigenvalue weighted by atomic mass is 9.95. The standard InChI is InChI=1S/C17H19Br2NO/c1-4-20-17(14-7-6-13(18)9-11(14)2)12-5-8-16(21-3)15(19)10-12/h5-10,17,20H,4H2,1-3H3. The maximum Gasteiger partial charge on any atom is 0.133 e. The number of hydrogen-bond acceptors (Lipinski definition) is 2. The van der Waals surface area contributed by atoms with Crippen molar-refractivity contribution in [1.82, 2.24) is 5.32 Å². The highest BCUT2D eigenvalue weighted by atomic mass is 79.9. The number of hydrogen-bond donors (Lipinski definition) is 1. The number of benzene rings is 2. The smallest absolute Gasteiger partial charge is 0.133 e. The van der Waals surface area contributed by atoms with E-state index in [2.05, 4.69) is 81.4 Å². The molecule has 4 heteroatoms. The molecule has 0 saturated heterocycles. The van der Waals surface area contributed by atoms with Crippen LogP contribution in [0.3, 0.4) is 0 Å². The summed E-state index contributed by atoms with van der Waals surface area (Å²) < 4.78 is 7.39. The molecule has 1 unspecified atom stereocenters. The molecule has 112 valence electrons. The van der Waals surface area contributed by atoms with Crippen LogP contribution in [0.5, 0.6) is 5.75 Å². The fourth-order valence-corrected chi connectivity index (χ4v) is 3.47. The molecular weight excluding hydrogens is 394 g/mol. The highest BCUT2D eigenvalue weighted by molar-refractivity contribution is 9.10. The average Bonchev–Trinajstić information content (AvgIpc) is 2.45. The van der Waals surface area contributed by atoms with Crippen molar-refractivity contribution < 1.29 is 4.74 Å². The van der Waals surface area contributed by atoms with Gasteiger partial charge in [-0.3, -0.25) is 0 Å². The quantitative estimate of drug-likeness (QED) is 0.725. The molecule has 0 spiro atoms. The van der Waals surface area contributed by atoms with Gasteiger partial charge in [-0.15, -0.1) is 0 Å². The van der Waals surface area contributed by atoms with E-state index in [1.54, 1.807) is 7.11 Å². The summed E-state index contributed by atoms with van der Waals surface area (Å²) in [7, 11) is 1.68. The van der Waals surface area contributed by atoms with E-state index < -0.39 is 0 Å². The number of halogens is 2. The lowest BCUT2D eigenvalue weighted by molar-refractivity contribution is 0.412. The molecule has 2 nitrogen and oxygen atoms in total. The first-order valence-electron chi connectivity index (χ1n) is 6.89. The van der Waals surface area contributed by atoms with Crippen molar-refractivity contribution in [3.05, 3.63) is 62.0 Å². The van der Waals surface area contributed by atoms with Crippen LogP contribution < -0.4 is 10.1 Å². The highest BCUT2D eigenvalue weighted by Gasteiger charge is 2.16. The molecular formula is C17H19Br2NO. The van der Waals surface area contributed by atoms with Crippen LogP contribution in [0, 0.1) is 6.92 Å². The summed E-state index contributed by atoms with van der Waals surface area (Å²) in [5.74, 6) is 0.849. The fourth-order valence-electron chi connectivity index (χ4n) is 2.44. The van der Waals surface area contributed by atoms with Crippen LogP contribution in [0.2, 0.25) is 0 Å². The summed E-state index contributed by atoms with van der Waals surface area (Å²) >= 11 is 7.10. The van der Waals surface area contributed by atoms with Gasteiger partial charge in [0, 0.05) is 4.47 Å². The van der Waals surface area contributed by atoms with Gasteiger partial charge in [0.15, 0.2) is 0 Å². The van der Waals surface area contributed by atoms with Gasteiger partial charge in [0.1, 0.15) is 5.75 Å². The molecule has 0 aliphatic carbocycles. The van der Waals surface area contributed by atoms with Gasteiger partial charge in [0.25, 0.3) is 0 Å². The van der Waals surface area contributed by atoms with Gasteiger partial charge >= 0.3 is 0 Å². The molecule has 0 radical (unpaired) electrons. The summed E-state index contributed by atoms with van der Waals surface area (Å²) in [6.45, 7) is 5.17. The zero-order chi connectivity index (χ0) is 15.4. The fraction of sp³-hybridized carbons (Fsp3) is 0.294. The largest absolute Gasteiger partial charge is 0.496 e. The normalized spacial score (nSPS) is 12.2. The van der Waals surface area contributed by atoms with Crippen molar-refractivity contribution >= 4 is 31.9 Å². The van der Waals surface area contributed by atoms with Gasteiger partial charge in [0.05, 0.1) is 17.6 Å². The van der Waals surface area contributed by atoms with E-state index in [0.717, 1.165) is 21.2 Å². The van der Waals surface area contributed by atoms with Crippen LogP contribution in [0.15, 0.2) is 45.3 Å². The van der Waals surface area contributed by atoms with Crippen molar-refractivity contribution in [1.29, 1.82) is 0 Å². The number of ether oxygens (including phenoxy) is 1. The van der Waals surface area contributed by atoms with Crippen LogP contribution in [-0.2, 0) is 0 Å². The number of rotatable bonds is 5. The first-order chi connectivity index (χ1) is 10.1. The predicted molar refractivity (Wildman–Crippen MR) is 95.1 cm³/mol. The number of methoxy groups -OCH3 is 1. The maximum atomic E-state index is 5.31. The molecule has 1 N–H and O–H groups in total. The monoisotopic (exact) mass is 411 g/mol. The minimum absolute atomic E-state index is 0.172. The minimum atomic E-state index is 0.172. The van der Waals surface area contributed by atoms with Gasteiger partial charge in [-0.2, -0.15) is 0 Å². The van der Waals surface area contributed by atoms with Crippen LogP contribution in [-0.4, -0.2) is 13.7 Å². The predicted octanol–water partition coefficient (Wildman–Crippen LogP) is 5.23. The van der Waals surface area contributed by atoms with E-state index in [-0.39, 0.29) is 6.04 Å². The summed E-state index contributed by atoms with van der Waals surface area (Å²) in [6.07, 6.45) is 0. The first kappa shape index (κ1) is 16.5. The second-order valence-corrected chi connectivity index (χ2v) is 6.66. The minimum Gasteiger partial charge on any atom is -0.496 e. The Bertz CT molecular complexity index is 628. The van der Waals surface area contributed by atoms with Gasteiger partial charge in [0.2, 0.25) is 0 Å². The van der Waals surface area contributed by atoms with Gasteiger partial charge in [-0.25, -0.2) is 0 Å². The average molecular weight is 413 g/mol. The van der Waals surface area contributed by atoms with Crippen molar-refractivity contribution in [2.24, 2.45) is 0 Å². The number of nitrogens with one attached hydrogen (secondary N) is 1. The zero-order valence-corrected chi connectivity index (χ0v) is 15.6. The summed E-state index contributed by atoms with van der Waals surface area (Å²) in [6, 6.07) is 12.8. The lowest BCUT2D eigenvalue weighted by Gasteiger charge is -2.22. The first-order valence-corrected chi connectivity index (χ1v) is 8.48. The molecule has 0 aromatic heterocycles. The molecule has 0 aliphatic rings. The van der Waals surface area contributed by atoms with Crippen LogP contribution in [0.4, 0.5) is 0 Å². The second kappa shape index (κ2) is 7.43. The Morgan fingerprint density at radius 1 is 1.14 bits per heavy atom. The van der Waals surface area contributed by atoms with Crippen molar-refractivity contribution in [3.8, 4) is 5.75 Å². The Morgan fingerprint density at radius 2 is 1.90 bits per heavy atom. The molecule has 0 amide bonds. The van der Waals surface area contributed by atoms with Crippen molar-refractivity contribution in [2.75, 3.05) is 13.7 Å². The zero-order valence-electron chi connectivity index (χ0n) is 12.4. The highest BCUT2D eigenvalue weighted by Crippen LogP contribution is 2.32. The molecule has 0 saturated carbocycles. The molecule has 2 aromatic carbocycles. The van der Waals surface area contributed by atoms with Gasteiger partial charge in [-0.05, 0) is 70.4 Å². The molecule has 0 bridgehead atoms. The summed E-state index contributed by atoms with van der Waals surface area (Å²) in [4.78, 5) is 0. The molecule has 21 heavy (non-hydrogen) atoms. The van der Waals surface area contributed by atoms with E-state index in [4.69, 9.17) is 4.74 Å². The molecule has 2 rings (SSSR count). The topological polar surface area (TPSA) is 21.3 Å². The van der Waals surface area contributed by atoms with Crippen molar-refractivity contribution in [3.63, 3.8) is 0 Å². The van der Waals surface area contributed by atoms with Gasteiger partial charge in [-0.1, -0.05) is 35.0 Å². The van der Waals surface area contributed by atoms with Crippen LogP contribution in [0.1, 0.15) is 29.7 Å². The Kier molecular flexibility index (Phi) is 5.85. The molecule has 1 atom stereocenters. The van der Waals surface area contributed by atoms with Crippen LogP contribution >= 0.6 is 31.9 Å². The lowest BCUT2D eigenvalue weighted by Crippen LogP contribution is -2.22. The van der Waals surface area contributed by atoms with E-state index >= 15 is 0 Å². The SMILES string of the molecule is CCNC(c1ccc(OC)c(Br)c1)c1ccc(Br)cc1C. The third-order valence-corrected chi connectivity index (χ3v) is 4.57. The van der Waals surface area contributed by atoms with E-state index in [1.165, 1.54) is 16.7 Å². The third kappa shape index (κ3) is 3.87. The molecule has 0 aliphatic heterocycles. The van der Waals surface area contributed by atoms with Gasteiger partial charge < -0.3 is 10.1 Å². The Hall–Kier alpha value is -0.840. The van der Waals surface area contributed by atoms with E-state index in [1.807, 2.05) is 6.07 Å². The Morgan fingerprint density at radius 3 is 2.48 bits per heavy atom. The summed E-state index contributed by atoms with van der Waals surface area (Å²) in [5.41, 5.74) is 3.77. The molecule has 0 fully saturated rings. The van der Waals surface area contributed by atoms with E-state index in [0.29, 0.717) is 0 Å². The molecule has 2 aromatic rings. The molecule has 0 heterocycles. The maximum absolute atomic E-state index is 5.31. The summed E-state index contributed by atoms with van der Waals surface area (Å²) in [5, 5.41) is 3.56. The second-order valence-electron chi connectivity index (χ2n) is 4.89. The van der Waals surface area contributed by atoms with Crippen LogP contribution in [0.25, 0.3) is 0 Å². The van der Waals surface area contributed by atoms with E-state index in [9.17, 15) is 0 Å².